The number of carbonyl (C=O) groups is 2. The summed E-state index contributed by atoms with van der Waals surface area (Å²) in [6.07, 6.45) is 4.67. The Labute approximate surface area is 176 Å². The third-order valence-corrected chi connectivity index (χ3v) is 7.43. The van der Waals surface area contributed by atoms with Crippen molar-refractivity contribution in [3.8, 4) is 0 Å². The second-order valence-corrected chi connectivity index (χ2v) is 9.49. The van der Waals surface area contributed by atoms with Crippen LogP contribution in [0.4, 0.5) is 4.39 Å². The van der Waals surface area contributed by atoms with Gasteiger partial charge in [0.05, 0.1) is 6.04 Å². The third-order valence-electron chi connectivity index (χ3n) is 6.49. The molecule has 5 nitrogen and oxygen atoms in total. The summed E-state index contributed by atoms with van der Waals surface area (Å²) in [5.41, 5.74) is 0.396. The zero-order valence-corrected chi connectivity index (χ0v) is 17.7. The molecule has 1 saturated carbocycles. The molecule has 1 atom stereocenters. The fraction of sp³-hybridized carbons (Fsp3) is 0.636. The Morgan fingerprint density at radius 2 is 1.66 bits per heavy atom. The number of amides is 2. The minimum atomic E-state index is -0.388. The molecule has 0 bridgehead atoms. The highest BCUT2D eigenvalue weighted by atomic mass is 32.2. The normalized spacial score (nSPS) is 22.7. The van der Waals surface area contributed by atoms with E-state index in [1.807, 2.05) is 11.8 Å². The van der Waals surface area contributed by atoms with Crippen molar-refractivity contribution in [1.82, 2.24) is 14.7 Å². The minimum Gasteiger partial charge on any atom is -0.340 e. The maximum absolute atomic E-state index is 13.5. The molecule has 1 unspecified atom stereocenters. The molecule has 0 spiro atoms. The average molecular weight is 420 g/mol. The van der Waals surface area contributed by atoms with E-state index < -0.39 is 0 Å². The van der Waals surface area contributed by atoms with Crippen molar-refractivity contribution in [3.63, 3.8) is 0 Å². The number of carbonyl (C=O) groups excluding carboxylic acids is 2. The second-order valence-electron chi connectivity index (χ2n) is 8.27. The number of halogens is 1. The van der Waals surface area contributed by atoms with Crippen LogP contribution in [0.15, 0.2) is 24.3 Å². The van der Waals surface area contributed by atoms with Crippen LogP contribution in [0, 0.1) is 11.7 Å². The van der Waals surface area contributed by atoms with E-state index in [1.54, 1.807) is 17.0 Å². The van der Waals surface area contributed by atoms with E-state index in [9.17, 15) is 14.0 Å². The summed E-state index contributed by atoms with van der Waals surface area (Å²) < 4.78 is 13.5. The lowest BCUT2D eigenvalue weighted by atomic mass is 9.94. The third kappa shape index (κ3) is 4.77. The number of hydrogen-bond donors (Lipinski definition) is 0. The fourth-order valence-corrected chi connectivity index (χ4v) is 5.81. The van der Waals surface area contributed by atoms with Crippen LogP contribution in [0.3, 0.4) is 0 Å². The molecule has 4 rings (SSSR count). The standard InChI is InChI=1S/C22H30FN3O2S/c23-19-7-3-6-18(16-19)21(27)25-10-8-24(9-11-25)20(17-4-1-2-5-17)22(28)26-12-14-29-15-13-26/h3,6-7,16-17,20H,1-2,4-5,8-15H2. The lowest BCUT2D eigenvalue weighted by molar-refractivity contribution is -0.139. The summed E-state index contributed by atoms with van der Waals surface area (Å²) in [5, 5.41) is 0. The van der Waals surface area contributed by atoms with Crippen molar-refractivity contribution in [2.24, 2.45) is 5.92 Å². The van der Waals surface area contributed by atoms with Gasteiger partial charge >= 0.3 is 0 Å². The quantitative estimate of drug-likeness (QED) is 0.753. The van der Waals surface area contributed by atoms with Crippen molar-refractivity contribution in [2.45, 2.75) is 31.7 Å². The van der Waals surface area contributed by atoms with E-state index in [4.69, 9.17) is 0 Å². The van der Waals surface area contributed by atoms with Gasteiger partial charge < -0.3 is 9.80 Å². The van der Waals surface area contributed by atoms with Crippen molar-refractivity contribution in [2.75, 3.05) is 50.8 Å². The zero-order valence-electron chi connectivity index (χ0n) is 16.9. The van der Waals surface area contributed by atoms with E-state index in [0.29, 0.717) is 43.6 Å². The molecule has 7 heteroatoms. The zero-order chi connectivity index (χ0) is 20.2. The molecular weight excluding hydrogens is 389 g/mol. The second kappa shape index (κ2) is 9.47. The van der Waals surface area contributed by atoms with Gasteiger partial charge in [-0.25, -0.2) is 4.39 Å². The number of hydrogen-bond acceptors (Lipinski definition) is 4. The van der Waals surface area contributed by atoms with E-state index in [-0.39, 0.29) is 17.8 Å². The van der Waals surface area contributed by atoms with Gasteiger partial charge in [-0.3, -0.25) is 14.5 Å². The largest absolute Gasteiger partial charge is 0.340 e. The highest BCUT2D eigenvalue weighted by Crippen LogP contribution is 2.32. The van der Waals surface area contributed by atoms with Gasteiger partial charge in [0, 0.05) is 56.3 Å². The fourth-order valence-electron chi connectivity index (χ4n) is 4.91. The monoisotopic (exact) mass is 419 g/mol. The maximum atomic E-state index is 13.5. The minimum absolute atomic E-state index is 0.0491. The van der Waals surface area contributed by atoms with Crippen LogP contribution >= 0.6 is 11.8 Å². The van der Waals surface area contributed by atoms with Gasteiger partial charge in [0.15, 0.2) is 0 Å². The Morgan fingerprint density at radius 1 is 0.966 bits per heavy atom. The molecule has 158 valence electrons. The van der Waals surface area contributed by atoms with Crippen LogP contribution < -0.4 is 0 Å². The lowest BCUT2D eigenvalue weighted by Crippen LogP contribution is -2.59. The van der Waals surface area contributed by atoms with E-state index in [1.165, 1.54) is 25.0 Å². The van der Waals surface area contributed by atoms with Crippen LogP contribution in [0.1, 0.15) is 36.0 Å². The molecule has 2 heterocycles. The van der Waals surface area contributed by atoms with E-state index >= 15 is 0 Å². The molecule has 0 aromatic heterocycles. The molecule has 2 amide bonds. The number of nitrogens with zero attached hydrogens (tertiary/aromatic N) is 3. The Bertz CT molecular complexity index is 727. The van der Waals surface area contributed by atoms with E-state index in [2.05, 4.69) is 9.80 Å². The molecule has 0 radical (unpaired) electrons. The van der Waals surface area contributed by atoms with Crippen LogP contribution in [-0.2, 0) is 4.79 Å². The summed E-state index contributed by atoms with van der Waals surface area (Å²) in [6.45, 7) is 4.28. The average Bonchev–Trinajstić information content (AvgIpc) is 3.29. The number of piperazine rings is 1. The van der Waals surface area contributed by atoms with Gasteiger partial charge in [0.1, 0.15) is 5.82 Å². The van der Waals surface area contributed by atoms with E-state index in [0.717, 1.165) is 37.4 Å². The smallest absolute Gasteiger partial charge is 0.254 e. The SMILES string of the molecule is O=C(c1cccc(F)c1)N1CCN(C(C(=O)N2CCSCC2)C2CCCC2)CC1. The Hall–Kier alpha value is -1.60. The molecule has 2 aliphatic heterocycles. The summed E-state index contributed by atoms with van der Waals surface area (Å²) in [6, 6.07) is 5.84. The first-order chi connectivity index (χ1) is 14.1. The van der Waals surface area contributed by atoms with Crippen molar-refractivity contribution >= 4 is 23.6 Å². The topological polar surface area (TPSA) is 43.9 Å². The summed E-state index contributed by atoms with van der Waals surface area (Å²) in [5.74, 6) is 2.27. The van der Waals surface area contributed by atoms with Crippen LogP contribution in [0.5, 0.6) is 0 Å². The number of rotatable bonds is 4. The van der Waals surface area contributed by atoms with Crippen LogP contribution in [-0.4, -0.2) is 83.3 Å². The Balaban J connectivity index is 1.42. The molecule has 1 aromatic rings. The number of benzene rings is 1. The molecule has 3 aliphatic rings. The van der Waals surface area contributed by atoms with Gasteiger partial charge in [-0.2, -0.15) is 11.8 Å². The lowest BCUT2D eigenvalue weighted by Gasteiger charge is -2.43. The van der Waals surface area contributed by atoms with Crippen LogP contribution in [0.25, 0.3) is 0 Å². The van der Waals surface area contributed by atoms with Crippen molar-refractivity contribution in [3.05, 3.63) is 35.6 Å². The highest BCUT2D eigenvalue weighted by molar-refractivity contribution is 7.99. The molecule has 1 aliphatic carbocycles. The van der Waals surface area contributed by atoms with Crippen molar-refractivity contribution in [1.29, 1.82) is 0 Å². The maximum Gasteiger partial charge on any atom is 0.254 e. The predicted molar refractivity (Wildman–Crippen MR) is 114 cm³/mol. The predicted octanol–water partition coefficient (Wildman–Crippen LogP) is 2.72. The molecule has 3 fully saturated rings. The van der Waals surface area contributed by atoms with Gasteiger partial charge in [-0.1, -0.05) is 18.9 Å². The molecular formula is C22H30FN3O2S. The molecule has 1 aromatic carbocycles. The van der Waals surface area contributed by atoms with Crippen molar-refractivity contribution < 1.29 is 14.0 Å². The molecule has 0 N–H and O–H groups in total. The van der Waals surface area contributed by atoms with Gasteiger partial charge in [-0.05, 0) is 37.0 Å². The van der Waals surface area contributed by atoms with Gasteiger partial charge in [0.2, 0.25) is 5.91 Å². The van der Waals surface area contributed by atoms with Gasteiger partial charge in [0.25, 0.3) is 5.91 Å². The summed E-state index contributed by atoms with van der Waals surface area (Å²) in [4.78, 5) is 32.3. The molecule has 29 heavy (non-hydrogen) atoms. The number of thioether (sulfide) groups is 1. The first-order valence-corrected chi connectivity index (χ1v) is 11.9. The molecule has 2 saturated heterocycles. The first kappa shape index (κ1) is 20.7. The summed E-state index contributed by atoms with van der Waals surface area (Å²) in [7, 11) is 0. The summed E-state index contributed by atoms with van der Waals surface area (Å²) >= 11 is 1.92. The Morgan fingerprint density at radius 3 is 2.31 bits per heavy atom. The van der Waals surface area contributed by atoms with Crippen LogP contribution in [0.2, 0.25) is 0 Å². The Kier molecular flexibility index (Phi) is 6.75. The highest BCUT2D eigenvalue weighted by Gasteiger charge is 2.39. The van der Waals surface area contributed by atoms with Gasteiger partial charge in [-0.15, -0.1) is 0 Å². The first-order valence-electron chi connectivity index (χ1n) is 10.8.